The van der Waals surface area contributed by atoms with E-state index in [9.17, 15) is 20.4 Å². The van der Waals surface area contributed by atoms with Gasteiger partial charge in [-0.1, -0.05) is 24.3 Å². The monoisotopic (exact) mass is 434 g/mol. The summed E-state index contributed by atoms with van der Waals surface area (Å²) in [6.45, 7) is 2.52. The van der Waals surface area contributed by atoms with Crippen molar-refractivity contribution in [2.24, 2.45) is 0 Å². The summed E-state index contributed by atoms with van der Waals surface area (Å²) in [6.07, 6.45) is 0.655. The van der Waals surface area contributed by atoms with Gasteiger partial charge in [0.2, 0.25) is 0 Å². The lowest BCUT2D eigenvalue weighted by molar-refractivity contribution is 0.246. The van der Waals surface area contributed by atoms with Crippen molar-refractivity contribution >= 4 is 11.4 Å². The van der Waals surface area contributed by atoms with E-state index in [1.165, 1.54) is 0 Å². The second-order valence-electron chi connectivity index (χ2n) is 6.85. The van der Waals surface area contributed by atoms with Crippen molar-refractivity contribution < 1.29 is 29.9 Å². The minimum atomic E-state index is -0.00877. The van der Waals surface area contributed by atoms with Gasteiger partial charge in [0.05, 0.1) is 51.0 Å². The largest absolute Gasteiger partial charge is 0.491 e. The van der Waals surface area contributed by atoms with Crippen LogP contribution in [0, 0.1) is 0 Å². The van der Waals surface area contributed by atoms with Crippen molar-refractivity contribution in [1.29, 1.82) is 0 Å². The van der Waals surface area contributed by atoms with E-state index in [4.69, 9.17) is 9.47 Å². The molecular weight excluding hydrogens is 400 g/mol. The smallest absolute Gasteiger partial charge is 0.142 e. The first-order chi connectivity index (χ1) is 15.2. The highest BCUT2D eigenvalue weighted by Crippen LogP contribution is 2.29. The standard InChI is InChI=1S/C23H34N2O6/c26-14-10-24(11-15-27)20-6-1-3-8-22(20)30-18-5-19-31-23-9-4-2-7-21(23)25(12-16-28)13-17-29/h1-4,6-9,26-29H,5,10-19H2. The molecule has 0 saturated heterocycles. The molecule has 0 aliphatic carbocycles. The summed E-state index contributed by atoms with van der Waals surface area (Å²) in [5.41, 5.74) is 1.67. The number of hydrogen-bond acceptors (Lipinski definition) is 8. The fourth-order valence-electron chi connectivity index (χ4n) is 3.29. The number of anilines is 2. The summed E-state index contributed by atoms with van der Waals surface area (Å²) < 4.78 is 11.9. The predicted octanol–water partition coefficient (Wildman–Crippen LogP) is 1.12. The molecule has 0 aromatic heterocycles. The van der Waals surface area contributed by atoms with Gasteiger partial charge in [-0.15, -0.1) is 0 Å². The van der Waals surface area contributed by atoms with E-state index in [1.807, 2.05) is 58.3 Å². The molecule has 0 heterocycles. The van der Waals surface area contributed by atoms with Crippen LogP contribution in [0.1, 0.15) is 6.42 Å². The lowest BCUT2D eigenvalue weighted by Crippen LogP contribution is -2.30. The Morgan fingerprint density at radius 2 is 0.903 bits per heavy atom. The van der Waals surface area contributed by atoms with Crippen molar-refractivity contribution in [3.63, 3.8) is 0 Å². The Kier molecular flexibility index (Phi) is 11.6. The summed E-state index contributed by atoms with van der Waals surface area (Å²) in [5.74, 6) is 1.39. The van der Waals surface area contributed by atoms with E-state index < -0.39 is 0 Å². The number of ether oxygens (including phenoxy) is 2. The molecule has 4 N–H and O–H groups in total. The van der Waals surface area contributed by atoms with Gasteiger partial charge in [0, 0.05) is 32.6 Å². The van der Waals surface area contributed by atoms with Gasteiger partial charge >= 0.3 is 0 Å². The Bertz CT molecular complexity index is 672. The van der Waals surface area contributed by atoms with Crippen molar-refractivity contribution in [2.75, 3.05) is 75.6 Å². The average molecular weight is 435 g/mol. The van der Waals surface area contributed by atoms with E-state index >= 15 is 0 Å². The number of benzene rings is 2. The zero-order valence-electron chi connectivity index (χ0n) is 17.9. The molecule has 0 radical (unpaired) electrons. The van der Waals surface area contributed by atoms with Crippen LogP contribution >= 0.6 is 0 Å². The topological polar surface area (TPSA) is 106 Å². The minimum absolute atomic E-state index is 0.00877. The maximum Gasteiger partial charge on any atom is 0.142 e. The van der Waals surface area contributed by atoms with E-state index in [2.05, 4.69) is 0 Å². The fourth-order valence-corrected chi connectivity index (χ4v) is 3.29. The molecule has 172 valence electrons. The molecular formula is C23H34N2O6. The number of hydrogen-bond donors (Lipinski definition) is 4. The maximum absolute atomic E-state index is 9.29. The molecule has 0 fully saturated rings. The highest BCUT2D eigenvalue weighted by atomic mass is 16.5. The second-order valence-corrected chi connectivity index (χ2v) is 6.85. The average Bonchev–Trinajstić information content (AvgIpc) is 2.79. The van der Waals surface area contributed by atoms with Crippen LogP contribution in [0.25, 0.3) is 0 Å². The van der Waals surface area contributed by atoms with Gasteiger partial charge in [-0.05, 0) is 24.3 Å². The van der Waals surface area contributed by atoms with Crippen LogP contribution in [0.5, 0.6) is 11.5 Å². The molecule has 2 aromatic carbocycles. The van der Waals surface area contributed by atoms with Gasteiger partial charge in [-0.25, -0.2) is 0 Å². The van der Waals surface area contributed by atoms with Crippen molar-refractivity contribution in [3.8, 4) is 11.5 Å². The number of para-hydroxylation sites is 4. The molecule has 0 bridgehead atoms. The van der Waals surface area contributed by atoms with Crippen molar-refractivity contribution in [3.05, 3.63) is 48.5 Å². The summed E-state index contributed by atoms with van der Waals surface area (Å²) in [4.78, 5) is 3.78. The molecule has 0 aliphatic heterocycles. The number of aliphatic hydroxyl groups excluding tert-OH is 4. The summed E-state index contributed by atoms with van der Waals surface area (Å²) in [7, 11) is 0. The van der Waals surface area contributed by atoms with Gasteiger partial charge in [0.15, 0.2) is 0 Å². The van der Waals surface area contributed by atoms with E-state index in [0.717, 1.165) is 11.4 Å². The summed E-state index contributed by atoms with van der Waals surface area (Å²) in [6, 6.07) is 15.1. The Morgan fingerprint density at radius 1 is 0.548 bits per heavy atom. The molecule has 8 heteroatoms. The fraction of sp³-hybridized carbons (Fsp3) is 0.478. The van der Waals surface area contributed by atoms with Gasteiger partial charge < -0.3 is 39.7 Å². The maximum atomic E-state index is 9.29. The van der Waals surface area contributed by atoms with Crippen LogP contribution in [0.2, 0.25) is 0 Å². The van der Waals surface area contributed by atoms with Crippen LogP contribution in [0.15, 0.2) is 48.5 Å². The lowest BCUT2D eigenvalue weighted by atomic mass is 10.2. The first-order valence-corrected chi connectivity index (χ1v) is 10.6. The summed E-state index contributed by atoms with van der Waals surface area (Å²) in [5, 5.41) is 37.1. The first-order valence-electron chi connectivity index (χ1n) is 10.6. The van der Waals surface area contributed by atoms with Crippen LogP contribution in [-0.2, 0) is 0 Å². The Labute approximate surface area is 183 Å². The zero-order valence-corrected chi connectivity index (χ0v) is 17.9. The quantitative estimate of drug-likeness (QED) is 0.291. The van der Waals surface area contributed by atoms with Crippen LogP contribution in [0.3, 0.4) is 0 Å². The van der Waals surface area contributed by atoms with Crippen molar-refractivity contribution in [2.45, 2.75) is 6.42 Å². The number of nitrogens with zero attached hydrogens (tertiary/aromatic N) is 2. The summed E-state index contributed by atoms with van der Waals surface area (Å²) >= 11 is 0. The Hall–Kier alpha value is -2.52. The molecule has 0 spiro atoms. The van der Waals surface area contributed by atoms with Crippen LogP contribution in [0.4, 0.5) is 11.4 Å². The van der Waals surface area contributed by atoms with Crippen LogP contribution < -0.4 is 19.3 Å². The van der Waals surface area contributed by atoms with Gasteiger partial charge in [0.25, 0.3) is 0 Å². The van der Waals surface area contributed by atoms with Gasteiger partial charge in [0.1, 0.15) is 11.5 Å². The molecule has 0 unspecified atom stereocenters. The third kappa shape index (κ3) is 7.91. The normalized spacial score (nSPS) is 10.7. The molecule has 31 heavy (non-hydrogen) atoms. The highest BCUT2D eigenvalue weighted by Gasteiger charge is 2.13. The van der Waals surface area contributed by atoms with E-state index in [-0.39, 0.29) is 26.4 Å². The molecule has 8 nitrogen and oxygen atoms in total. The zero-order chi connectivity index (χ0) is 22.3. The van der Waals surface area contributed by atoms with Gasteiger partial charge in [-0.3, -0.25) is 0 Å². The van der Waals surface area contributed by atoms with E-state index in [1.54, 1.807) is 0 Å². The highest BCUT2D eigenvalue weighted by molar-refractivity contribution is 5.59. The third-order valence-corrected chi connectivity index (χ3v) is 4.70. The molecule has 2 aromatic rings. The Morgan fingerprint density at radius 3 is 1.26 bits per heavy atom. The Balaban J connectivity index is 1.91. The van der Waals surface area contributed by atoms with E-state index in [0.29, 0.717) is 57.3 Å². The number of aliphatic hydroxyl groups is 4. The molecule has 0 amide bonds. The second kappa shape index (κ2) is 14.5. The predicted molar refractivity (Wildman–Crippen MR) is 121 cm³/mol. The molecule has 0 aliphatic rings. The molecule has 0 atom stereocenters. The molecule has 2 rings (SSSR count). The minimum Gasteiger partial charge on any atom is -0.491 e. The SMILES string of the molecule is OCCN(CCO)c1ccccc1OCCCOc1ccccc1N(CCO)CCO. The van der Waals surface area contributed by atoms with Gasteiger partial charge in [-0.2, -0.15) is 0 Å². The lowest BCUT2D eigenvalue weighted by Gasteiger charge is -2.26. The van der Waals surface area contributed by atoms with Crippen molar-refractivity contribution in [1.82, 2.24) is 0 Å². The molecule has 0 saturated carbocycles. The van der Waals surface area contributed by atoms with Crippen LogP contribution in [-0.4, -0.2) is 86.2 Å². The number of rotatable bonds is 16. The first kappa shape index (κ1) is 24.7. The third-order valence-electron chi connectivity index (χ3n) is 4.70.